The second kappa shape index (κ2) is 4.47. The molecule has 1 saturated heterocycles. The zero-order valence-corrected chi connectivity index (χ0v) is 11.8. The highest BCUT2D eigenvalue weighted by molar-refractivity contribution is 7.99. The van der Waals surface area contributed by atoms with Crippen LogP contribution in [0.5, 0.6) is 0 Å². The Kier molecular flexibility index (Phi) is 2.95. The van der Waals surface area contributed by atoms with E-state index < -0.39 is 0 Å². The van der Waals surface area contributed by atoms with E-state index in [2.05, 4.69) is 11.8 Å². The summed E-state index contributed by atoms with van der Waals surface area (Å²) in [5.74, 6) is 9.91. The van der Waals surface area contributed by atoms with Gasteiger partial charge < -0.3 is 0 Å². The third kappa shape index (κ3) is 1.79. The lowest BCUT2D eigenvalue weighted by atomic mass is 9.54. The lowest BCUT2D eigenvalue weighted by Gasteiger charge is -2.51. The molecular weight excluding hydrogens is 224 g/mol. The van der Waals surface area contributed by atoms with Crippen LogP contribution in [0.1, 0.15) is 51.4 Å². The Balaban J connectivity index is 1.56. The summed E-state index contributed by atoms with van der Waals surface area (Å²) < 4.78 is 0. The summed E-state index contributed by atoms with van der Waals surface area (Å²) in [5.41, 5.74) is 0. The molecule has 0 bridgehead atoms. The first-order chi connectivity index (χ1) is 8.43. The Morgan fingerprint density at radius 2 is 1.29 bits per heavy atom. The summed E-state index contributed by atoms with van der Waals surface area (Å²) in [5, 5.41) is 0. The topological polar surface area (TPSA) is 0 Å². The molecule has 1 heterocycles. The molecule has 0 spiro atoms. The van der Waals surface area contributed by atoms with Crippen LogP contribution in [0, 0.1) is 35.5 Å². The molecule has 6 atom stereocenters. The van der Waals surface area contributed by atoms with Crippen molar-refractivity contribution in [1.29, 1.82) is 0 Å². The van der Waals surface area contributed by atoms with Crippen LogP contribution in [-0.4, -0.2) is 11.5 Å². The van der Waals surface area contributed by atoms with Gasteiger partial charge in [-0.05, 0) is 79.1 Å². The fraction of sp³-hybridized carbons (Fsp3) is 1.00. The summed E-state index contributed by atoms with van der Waals surface area (Å²) >= 11 is 2.26. The molecular formula is C16H26S. The minimum atomic E-state index is 1.13. The molecule has 1 aliphatic heterocycles. The smallest absolute Gasteiger partial charge is 0.00333 e. The highest BCUT2D eigenvalue weighted by Gasteiger charge is 2.48. The largest absolute Gasteiger partial charge is 0.161 e. The van der Waals surface area contributed by atoms with Crippen LogP contribution in [0.2, 0.25) is 0 Å². The van der Waals surface area contributed by atoms with Gasteiger partial charge >= 0.3 is 0 Å². The van der Waals surface area contributed by atoms with E-state index >= 15 is 0 Å². The maximum Gasteiger partial charge on any atom is -0.00333 e. The van der Waals surface area contributed by atoms with Gasteiger partial charge in [-0.25, -0.2) is 0 Å². The van der Waals surface area contributed by atoms with E-state index in [0.29, 0.717) is 0 Å². The van der Waals surface area contributed by atoms with Crippen molar-refractivity contribution in [2.24, 2.45) is 35.5 Å². The van der Waals surface area contributed by atoms with Gasteiger partial charge in [-0.1, -0.05) is 19.3 Å². The van der Waals surface area contributed by atoms with Crippen LogP contribution in [0.4, 0.5) is 0 Å². The first-order valence-corrected chi connectivity index (χ1v) is 9.16. The Bertz CT molecular complexity index is 287. The molecule has 4 fully saturated rings. The Morgan fingerprint density at radius 1 is 0.529 bits per heavy atom. The minimum absolute atomic E-state index is 1.13. The van der Waals surface area contributed by atoms with E-state index in [9.17, 15) is 0 Å². The van der Waals surface area contributed by atoms with Crippen LogP contribution < -0.4 is 0 Å². The molecule has 0 nitrogen and oxygen atoms in total. The monoisotopic (exact) mass is 250 g/mol. The molecule has 3 saturated carbocycles. The van der Waals surface area contributed by atoms with Crippen molar-refractivity contribution >= 4 is 11.8 Å². The molecule has 4 rings (SSSR count). The predicted octanol–water partition coefficient (Wildman–Crippen LogP) is 4.59. The second-order valence-electron chi connectivity index (χ2n) is 7.15. The van der Waals surface area contributed by atoms with E-state index in [1.54, 1.807) is 51.4 Å². The Hall–Kier alpha value is 0.350. The number of thioether (sulfide) groups is 1. The molecule has 0 aromatic heterocycles. The van der Waals surface area contributed by atoms with E-state index in [0.717, 1.165) is 35.5 Å². The van der Waals surface area contributed by atoms with Crippen LogP contribution >= 0.6 is 11.8 Å². The molecule has 0 N–H and O–H groups in total. The Morgan fingerprint density at radius 3 is 2.24 bits per heavy atom. The van der Waals surface area contributed by atoms with Gasteiger partial charge in [0.1, 0.15) is 0 Å². The molecule has 3 aliphatic carbocycles. The van der Waals surface area contributed by atoms with Crippen molar-refractivity contribution in [1.82, 2.24) is 0 Å². The van der Waals surface area contributed by atoms with E-state index in [4.69, 9.17) is 0 Å². The van der Waals surface area contributed by atoms with Gasteiger partial charge in [-0.2, -0.15) is 11.8 Å². The van der Waals surface area contributed by atoms with Crippen LogP contribution in [0.3, 0.4) is 0 Å². The fourth-order valence-electron chi connectivity index (χ4n) is 5.85. The quantitative estimate of drug-likeness (QED) is 0.606. The van der Waals surface area contributed by atoms with E-state index in [-0.39, 0.29) is 0 Å². The summed E-state index contributed by atoms with van der Waals surface area (Å²) in [6, 6.07) is 0. The van der Waals surface area contributed by atoms with Gasteiger partial charge in [-0.15, -0.1) is 0 Å². The third-order valence-corrected chi connectivity index (χ3v) is 7.89. The zero-order valence-electron chi connectivity index (χ0n) is 10.9. The first-order valence-electron chi connectivity index (χ1n) is 8.01. The number of hydrogen-bond acceptors (Lipinski definition) is 1. The molecule has 96 valence electrons. The number of fused-ring (bicyclic) bond motifs is 5. The number of hydrogen-bond donors (Lipinski definition) is 0. The first kappa shape index (κ1) is 11.2. The summed E-state index contributed by atoms with van der Waals surface area (Å²) in [4.78, 5) is 0. The fourth-order valence-corrected chi connectivity index (χ4v) is 7.49. The zero-order chi connectivity index (χ0) is 11.2. The van der Waals surface area contributed by atoms with Gasteiger partial charge in [0.2, 0.25) is 0 Å². The standard InChI is InChI=1S/C16H26S/c1-2-4-13-11(3-1)5-7-15-14(13)8-6-12-9-17-10-16(12)15/h11-16H,1-10H2/t11?,12-,13+,14-,15-,16-/m1/s1. The van der Waals surface area contributed by atoms with Crippen molar-refractivity contribution < 1.29 is 0 Å². The maximum absolute atomic E-state index is 2.26. The van der Waals surface area contributed by atoms with Crippen molar-refractivity contribution in [3.05, 3.63) is 0 Å². The summed E-state index contributed by atoms with van der Waals surface area (Å²) in [6.45, 7) is 0. The molecule has 17 heavy (non-hydrogen) atoms. The van der Waals surface area contributed by atoms with Crippen LogP contribution in [0.15, 0.2) is 0 Å². The van der Waals surface area contributed by atoms with E-state index in [1.807, 2.05) is 0 Å². The molecule has 0 amide bonds. The molecule has 0 aromatic rings. The predicted molar refractivity (Wildman–Crippen MR) is 75.2 cm³/mol. The minimum Gasteiger partial charge on any atom is -0.161 e. The van der Waals surface area contributed by atoms with Crippen molar-refractivity contribution in [3.63, 3.8) is 0 Å². The van der Waals surface area contributed by atoms with Gasteiger partial charge in [0.15, 0.2) is 0 Å². The van der Waals surface area contributed by atoms with Crippen molar-refractivity contribution in [2.45, 2.75) is 51.4 Å². The van der Waals surface area contributed by atoms with E-state index in [1.165, 1.54) is 11.5 Å². The van der Waals surface area contributed by atoms with Crippen LogP contribution in [0.25, 0.3) is 0 Å². The molecule has 1 unspecified atom stereocenters. The Labute approximate surface area is 110 Å². The number of rotatable bonds is 0. The van der Waals surface area contributed by atoms with Gasteiger partial charge in [0, 0.05) is 0 Å². The summed E-state index contributed by atoms with van der Waals surface area (Å²) in [6.07, 6.45) is 12.7. The lowest BCUT2D eigenvalue weighted by molar-refractivity contribution is -0.0129. The van der Waals surface area contributed by atoms with Crippen molar-refractivity contribution in [2.75, 3.05) is 11.5 Å². The normalized spacial score (nSPS) is 53.6. The van der Waals surface area contributed by atoms with Gasteiger partial charge in [0.05, 0.1) is 0 Å². The molecule has 1 heteroatoms. The molecule has 0 aromatic carbocycles. The second-order valence-corrected chi connectivity index (χ2v) is 8.23. The average Bonchev–Trinajstić information content (AvgIpc) is 2.86. The van der Waals surface area contributed by atoms with Crippen LogP contribution in [-0.2, 0) is 0 Å². The third-order valence-electron chi connectivity index (χ3n) is 6.61. The highest BCUT2D eigenvalue weighted by Crippen LogP contribution is 2.56. The summed E-state index contributed by atoms with van der Waals surface area (Å²) in [7, 11) is 0. The SMILES string of the molecule is C1CC[C@H]2C(C1)CC[C@H]1[C@@H]3CSC[C@H]3CC[C@@H]12. The molecule has 4 aliphatic rings. The van der Waals surface area contributed by atoms with Gasteiger partial charge in [-0.3, -0.25) is 0 Å². The average molecular weight is 250 g/mol. The maximum atomic E-state index is 2.26. The van der Waals surface area contributed by atoms with Crippen molar-refractivity contribution in [3.8, 4) is 0 Å². The molecule has 0 radical (unpaired) electrons. The highest BCUT2D eigenvalue weighted by atomic mass is 32.2. The van der Waals surface area contributed by atoms with Gasteiger partial charge in [0.25, 0.3) is 0 Å². The lowest BCUT2D eigenvalue weighted by Crippen LogP contribution is -2.44.